The van der Waals surface area contributed by atoms with Crippen LogP contribution in [-0.4, -0.2) is 11.1 Å². The van der Waals surface area contributed by atoms with E-state index in [1.807, 2.05) is 0 Å². The molecule has 2 nitrogen and oxygen atoms in total. The Hall–Kier alpha value is -1.94. The number of benzene rings is 2. The molecule has 0 aliphatic carbocycles. The van der Waals surface area contributed by atoms with Crippen LogP contribution in [0.4, 0.5) is 8.78 Å². The first-order valence-corrected chi connectivity index (χ1v) is 5.77. The van der Waals surface area contributed by atoms with Crippen LogP contribution in [0.2, 0.25) is 5.02 Å². The maximum absolute atomic E-state index is 13.9. The molecule has 98 valence electrons. The summed E-state index contributed by atoms with van der Waals surface area (Å²) >= 11 is 5.92. The predicted molar refractivity (Wildman–Crippen MR) is 68.5 cm³/mol. The lowest BCUT2D eigenvalue weighted by molar-refractivity contribution is 0.0697. The lowest BCUT2D eigenvalue weighted by atomic mass is 10.0. The number of aromatic carboxylic acids is 1. The van der Waals surface area contributed by atoms with Gasteiger partial charge < -0.3 is 5.11 Å². The van der Waals surface area contributed by atoms with Gasteiger partial charge in [-0.05, 0) is 42.8 Å². The van der Waals surface area contributed by atoms with E-state index in [0.717, 1.165) is 12.1 Å². The second kappa shape index (κ2) is 4.97. The van der Waals surface area contributed by atoms with E-state index < -0.39 is 17.6 Å². The van der Waals surface area contributed by atoms with Crippen LogP contribution in [0.1, 0.15) is 15.9 Å². The first-order chi connectivity index (χ1) is 8.90. The van der Waals surface area contributed by atoms with E-state index in [4.69, 9.17) is 16.7 Å². The normalized spacial score (nSPS) is 10.5. The summed E-state index contributed by atoms with van der Waals surface area (Å²) in [4.78, 5) is 10.9. The van der Waals surface area contributed by atoms with Gasteiger partial charge in [-0.25, -0.2) is 13.6 Å². The lowest BCUT2D eigenvalue weighted by Crippen LogP contribution is -1.98. The highest BCUT2D eigenvalue weighted by atomic mass is 35.5. The third kappa shape index (κ3) is 2.58. The minimum atomic E-state index is -1.16. The highest BCUT2D eigenvalue weighted by molar-refractivity contribution is 6.33. The van der Waals surface area contributed by atoms with Crippen molar-refractivity contribution in [3.05, 3.63) is 58.1 Å². The monoisotopic (exact) mass is 282 g/mol. The minimum Gasteiger partial charge on any atom is -0.478 e. The molecule has 0 radical (unpaired) electrons. The van der Waals surface area contributed by atoms with Gasteiger partial charge in [-0.15, -0.1) is 0 Å². The summed E-state index contributed by atoms with van der Waals surface area (Å²) in [6.45, 7) is 1.44. The largest absolute Gasteiger partial charge is 0.478 e. The zero-order valence-electron chi connectivity index (χ0n) is 9.88. The third-order valence-corrected chi connectivity index (χ3v) is 3.08. The van der Waals surface area contributed by atoms with Crippen molar-refractivity contribution in [1.29, 1.82) is 0 Å². The molecule has 19 heavy (non-hydrogen) atoms. The van der Waals surface area contributed by atoms with Crippen LogP contribution in [0.25, 0.3) is 11.1 Å². The van der Waals surface area contributed by atoms with Gasteiger partial charge in [0.1, 0.15) is 11.6 Å². The predicted octanol–water partition coefficient (Wildman–Crippen LogP) is 4.29. The Labute approximate surface area is 113 Å². The number of carboxylic acid groups (broad SMARTS) is 1. The molecule has 0 saturated carbocycles. The molecule has 0 saturated heterocycles. The lowest BCUT2D eigenvalue weighted by Gasteiger charge is -2.09. The summed E-state index contributed by atoms with van der Waals surface area (Å²) in [5, 5.41) is 9.06. The molecular weight excluding hydrogens is 274 g/mol. The molecule has 0 aliphatic rings. The minimum absolute atomic E-state index is 0.0419. The molecular formula is C14H9ClF2O2. The van der Waals surface area contributed by atoms with E-state index in [2.05, 4.69) is 0 Å². The fraction of sp³-hybridized carbons (Fsp3) is 0.0714. The molecule has 0 amide bonds. The topological polar surface area (TPSA) is 37.3 Å². The van der Waals surface area contributed by atoms with Gasteiger partial charge in [-0.1, -0.05) is 11.6 Å². The molecule has 0 spiro atoms. The third-order valence-electron chi connectivity index (χ3n) is 2.75. The Morgan fingerprint density at radius 2 is 1.79 bits per heavy atom. The van der Waals surface area contributed by atoms with Gasteiger partial charge in [0.25, 0.3) is 0 Å². The highest BCUT2D eigenvalue weighted by Gasteiger charge is 2.14. The standard InChI is InChI=1S/C14H9ClF2O2/c1-7-4-13(17)10(6-12(7)16)9-5-8(14(18)19)2-3-11(9)15/h2-6H,1H3,(H,18,19). The van der Waals surface area contributed by atoms with Gasteiger partial charge in [0.15, 0.2) is 0 Å². The molecule has 0 heterocycles. The maximum Gasteiger partial charge on any atom is 0.335 e. The molecule has 0 aromatic heterocycles. The molecule has 1 N–H and O–H groups in total. The summed E-state index contributed by atoms with van der Waals surface area (Å²) in [5.41, 5.74) is 0.223. The zero-order valence-corrected chi connectivity index (χ0v) is 10.6. The Kier molecular flexibility index (Phi) is 3.53. The second-order valence-corrected chi connectivity index (χ2v) is 4.49. The molecule has 2 aromatic carbocycles. The Morgan fingerprint density at radius 3 is 2.42 bits per heavy atom. The second-order valence-electron chi connectivity index (χ2n) is 4.08. The smallest absolute Gasteiger partial charge is 0.335 e. The van der Waals surface area contributed by atoms with Crippen LogP contribution in [0.5, 0.6) is 0 Å². The quantitative estimate of drug-likeness (QED) is 0.892. The Bertz CT molecular complexity index is 669. The van der Waals surface area contributed by atoms with Crippen LogP contribution in [0.3, 0.4) is 0 Å². The van der Waals surface area contributed by atoms with Gasteiger partial charge in [0.05, 0.1) is 5.56 Å². The number of hydrogen-bond acceptors (Lipinski definition) is 1. The zero-order chi connectivity index (χ0) is 14.2. The van der Waals surface area contributed by atoms with Crippen LogP contribution in [-0.2, 0) is 0 Å². The fourth-order valence-electron chi connectivity index (χ4n) is 1.72. The first kappa shape index (κ1) is 13.5. The molecule has 0 aliphatic heterocycles. The summed E-state index contributed by atoms with van der Waals surface area (Å²) in [7, 11) is 0. The molecule has 0 atom stereocenters. The van der Waals surface area contributed by atoms with Crippen molar-refractivity contribution >= 4 is 17.6 Å². The van der Waals surface area contributed by atoms with Crippen molar-refractivity contribution in [2.45, 2.75) is 6.92 Å². The summed E-state index contributed by atoms with van der Waals surface area (Å²) < 4.78 is 27.4. The fourth-order valence-corrected chi connectivity index (χ4v) is 1.94. The van der Waals surface area contributed by atoms with E-state index in [1.54, 1.807) is 0 Å². The maximum atomic E-state index is 13.9. The average Bonchev–Trinajstić information content (AvgIpc) is 2.34. The number of halogens is 3. The summed E-state index contributed by atoms with van der Waals surface area (Å²) in [5.74, 6) is -2.39. The average molecular weight is 283 g/mol. The molecule has 0 fully saturated rings. The number of carboxylic acids is 1. The molecule has 2 rings (SSSR count). The van der Waals surface area contributed by atoms with E-state index in [9.17, 15) is 13.6 Å². The number of hydrogen-bond donors (Lipinski definition) is 1. The van der Waals surface area contributed by atoms with Gasteiger partial charge >= 0.3 is 5.97 Å². The van der Waals surface area contributed by atoms with Crippen LogP contribution in [0.15, 0.2) is 30.3 Å². The number of aryl methyl sites for hydroxylation is 1. The van der Waals surface area contributed by atoms with Gasteiger partial charge in [0, 0.05) is 16.1 Å². The van der Waals surface area contributed by atoms with Crippen molar-refractivity contribution in [2.75, 3.05) is 0 Å². The summed E-state index contributed by atoms with van der Waals surface area (Å²) in [6, 6.07) is 5.93. The van der Waals surface area contributed by atoms with Crippen molar-refractivity contribution in [2.24, 2.45) is 0 Å². The van der Waals surface area contributed by atoms with Crippen molar-refractivity contribution in [3.63, 3.8) is 0 Å². The molecule has 2 aromatic rings. The number of carbonyl (C=O) groups is 1. The van der Waals surface area contributed by atoms with E-state index in [1.165, 1.54) is 25.1 Å². The molecule has 0 unspecified atom stereocenters. The van der Waals surface area contributed by atoms with Crippen LogP contribution < -0.4 is 0 Å². The SMILES string of the molecule is Cc1cc(F)c(-c2cc(C(=O)O)ccc2Cl)cc1F. The van der Waals surface area contributed by atoms with Crippen LogP contribution in [0, 0.1) is 18.6 Å². The Balaban J connectivity index is 2.67. The molecule has 0 bridgehead atoms. The van der Waals surface area contributed by atoms with Gasteiger partial charge in [-0.3, -0.25) is 0 Å². The number of rotatable bonds is 2. The molecule has 5 heteroatoms. The van der Waals surface area contributed by atoms with Gasteiger partial charge in [0.2, 0.25) is 0 Å². The summed E-state index contributed by atoms with van der Waals surface area (Å²) in [6.07, 6.45) is 0. The Morgan fingerprint density at radius 1 is 1.11 bits per heavy atom. The highest BCUT2D eigenvalue weighted by Crippen LogP contribution is 2.32. The van der Waals surface area contributed by atoms with Crippen LogP contribution >= 0.6 is 11.6 Å². The first-order valence-electron chi connectivity index (χ1n) is 5.39. The van der Waals surface area contributed by atoms with E-state index in [-0.39, 0.29) is 27.3 Å². The van der Waals surface area contributed by atoms with E-state index >= 15 is 0 Å². The van der Waals surface area contributed by atoms with Gasteiger partial charge in [-0.2, -0.15) is 0 Å². The van der Waals surface area contributed by atoms with Crippen molar-refractivity contribution < 1.29 is 18.7 Å². The van der Waals surface area contributed by atoms with E-state index in [0.29, 0.717) is 0 Å². The van der Waals surface area contributed by atoms with Crippen molar-refractivity contribution in [1.82, 2.24) is 0 Å². The van der Waals surface area contributed by atoms with Crippen molar-refractivity contribution in [3.8, 4) is 11.1 Å².